The van der Waals surface area contributed by atoms with Crippen LogP contribution < -0.4 is 15.4 Å². The lowest BCUT2D eigenvalue weighted by molar-refractivity contribution is -0.125. The van der Waals surface area contributed by atoms with E-state index in [-0.39, 0.29) is 37.3 Å². The molecule has 2 aromatic rings. The molecule has 0 saturated carbocycles. The average molecular weight is 395 g/mol. The van der Waals surface area contributed by atoms with Gasteiger partial charge in [0.1, 0.15) is 5.75 Å². The number of nitrogens with one attached hydrogen (secondary N) is 2. The Balaban J connectivity index is 1.53. The highest BCUT2D eigenvalue weighted by molar-refractivity contribution is 6.02. The molecule has 2 N–H and O–H groups in total. The summed E-state index contributed by atoms with van der Waals surface area (Å²) in [4.78, 5) is 48.2. The number of rotatable bonds is 8. The molecule has 1 fully saturated rings. The number of hydrogen-bond donors (Lipinski definition) is 2. The minimum atomic E-state index is -0.426. The average Bonchev–Trinajstić information content (AvgIpc) is 3.04. The summed E-state index contributed by atoms with van der Waals surface area (Å²) < 4.78 is 5.45. The van der Waals surface area contributed by atoms with Crippen molar-refractivity contribution in [2.75, 3.05) is 18.5 Å². The fourth-order valence-corrected chi connectivity index (χ4v) is 2.83. The standard InChI is InChI=1S/C21H21N3O5/c1-2-18(25)15-6-8-17(9-7-15)29-13-19(26)23-16-5-3-4-14(10-16)12-24-20(27)11-22-21(24)28/h3-10H,2,11-13H2,1H3,(H,22,28)(H,23,26). The summed E-state index contributed by atoms with van der Waals surface area (Å²) in [6, 6.07) is 13.1. The number of amides is 4. The molecule has 1 heterocycles. The Bertz CT molecular complexity index is 924. The third kappa shape index (κ3) is 5.19. The number of urea groups is 1. The highest BCUT2D eigenvalue weighted by atomic mass is 16.5. The van der Waals surface area contributed by atoms with E-state index in [1.807, 2.05) is 0 Å². The van der Waals surface area contributed by atoms with E-state index in [2.05, 4.69) is 10.6 Å². The van der Waals surface area contributed by atoms with Crippen molar-refractivity contribution in [3.63, 3.8) is 0 Å². The van der Waals surface area contributed by atoms with Crippen LogP contribution in [-0.4, -0.2) is 41.7 Å². The SMILES string of the molecule is CCC(=O)c1ccc(OCC(=O)Nc2cccc(CN3C(=O)CNC3=O)c2)cc1. The first-order chi connectivity index (χ1) is 14.0. The van der Waals surface area contributed by atoms with Gasteiger partial charge in [-0.25, -0.2) is 4.79 Å². The molecular formula is C21H21N3O5. The van der Waals surface area contributed by atoms with Gasteiger partial charge in [-0.2, -0.15) is 0 Å². The van der Waals surface area contributed by atoms with E-state index >= 15 is 0 Å². The van der Waals surface area contributed by atoms with E-state index < -0.39 is 6.03 Å². The van der Waals surface area contributed by atoms with Crippen LogP contribution in [0, 0.1) is 0 Å². The molecule has 0 aliphatic carbocycles. The predicted molar refractivity (Wildman–Crippen MR) is 106 cm³/mol. The van der Waals surface area contributed by atoms with Crippen molar-refractivity contribution in [1.29, 1.82) is 0 Å². The Morgan fingerprint density at radius 3 is 2.55 bits per heavy atom. The summed E-state index contributed by atoms with van der Waals surface area (Å²) in [5, 5.41) is 5.18. The summed E-state index contributed by atoms with van der Waals surface area (Å²) >= 11 is 0. The van der Waals surface area contributed by atoms with E-state index in [0.29, 0.717) is 29.0 Å². The monoisotopic (exact) mass is 395 g/mol. The highest BCUT2D eigenvalue weighted by Gasteiger charge is 2.28. The van der Waals surface area contributed by atoms with Crippen LogP contribution in [0.3, 0.4) is 0 Å². The number of anilines is 1. The number of hydrogen-bond acceptors (Lipinski definition) is 5. The minimum Gasteiger partial charge on any atom is -0.484 e. The topological polar surface area (TPSA) is 105 Å². The lowest BCUT2D eigenvalue weighted by Crippen LogP contribution is -2.30. The lowest BCUT2D eigenvalue weighted by atomic mass is 10.1. The van der Waals surface area contributed by atoms with Crippen LogP contribution in [0.15, 0.2) is 48.5 Å². The van der Waals surface area contributed by atoms with Crippen LogP contribution in [0.2, 0.25) is 0 Å². The Morgan fingerprint density at radius 2 is 1.90 bits per heavy atom. The molecule has 8 nitrogen and oxygen atoms in total. The zero-order valence-corrected chi connectivity index (χ0v) is 15.9. The number of benzene rings is 2. The van der Waals surface area contributed by atoms with Crippen molar-refractivity contribution in [1.82, 2.24) is 10.2 Å². The molecule has 0 unspecified atom stereocenters. The predicted octanol–water partition coefficient (Wildman–Crippen LogP) is 2.35. The molecule has 0 radical (unpaired) electrons. The van der Waals surface area contributed by atoms with Gasteiger partial charge in [0.05, 0.1) is 13.1 Å². The van der Waals surface area contributed by atoms with E-state index in [0.717, 1.165) is 4.90 Å². The van der Waals surface area contributed by atoms with E-state index in [4.69, 9.17) is 4.74 Å². The van der Waals surface area contributed by atoms with Gasteiger partial charge in [0.2, 0.25) is 5.91 Å². The van der Waals surface area contributed by atoms with Gasteiger partial charge in [0, 0.05) is 17.7 Å². The Hall–Kier alpha value is -3.68. The molecule has 2 aromatic carbocycles. The smallest absolute Gasteiger partial charge is 0.324 e. The fraction of sp³-hybridized carbons (Fsp3) is 0.238. The number of ketones is 1. The van der Waals surface area contributed by atoms with E-state index in [1.54, 1.807) is 55.5 Å². The summed E-state index contributed by atoms with van der Waals surface area (Å²) in [5.41, 5.74) is 1.85. The quantitative estimate of drug-likeness (QED) is 0.527. The van der Waals surface area contributed by atoms with Crippen molar-refractivity contribution < 1.29 is 23.9 Å². The van der Waals surface area contributed by atoms with Crippen LogP contribution >= 0.6 is 0 Å². The van der Waals surface area contributed by atoms with Gasteiger partial charge >= 0.3 is 6.03 Å². The van der Waals surface area contributed by atoms with Crippen LogP contribution in [0.4, 0.5) is 10.5 Å². The zero-order chi connectivity index (χ0) is 20.8. The van der Waals surface area contributed by atoms with Gasteiger partial charge < -0.3 is 15.4 Å². The summed E-state index contributed by atoms with van der Waals surface area (Å²) in [6.07, 6.45) is 0.429. The van der Waals surface area contributed by atoms with E-state index in [1.165, 1.54) is 0 Å². The molecule has 4 amide bonds. The zero-order valence-electron chi connectivity index (χ0n) is 15.9. The highest BCUT2D eigenvalue weighted by Crippen LogP contribution is 2.16. The van der Waals surface area contributed by atoms with Gasteiger partial charge in [-0.1, -0.05) is 19.1 Å². The van der Waals surface area contributed by atoms with Crippen LogP contribution in [0.25, 0.3) is 0 Å². The van der Waals surface area contributed by atoms with Gasteiger partial charge in [-0.15, -0.1) is 0 Å². The third-order valence-electron chi connectivity index (χ3n) is 4.36. The fourth-order valence-electron chi connectivity index (χ4n) is 2.83. The van der Waals surface area contributed by atoms with Crippen molar-refractivity contribution in [2.24, 2.45) is 0 Å². The third-order valence-corrected chi connectivity index (χ3v) is 4.36. The van der Waals surface area contributed by atoms with Crippen LogP contribution in [0.1, 0.15) is 29.3 Å². The normalized spacial score (nSPS) is 13.2. The Labute approximate surface area is 167 Å². The molecule has 3 rings (SSSR count). The van der Waals surface area contributed by atoms with E-state index in [9.17, 15) is 19.2 Å². The molecule has 0 spiro atoms. The molecule has 0 aromatic heterocycles. The molecule has 1 aliphatic heterocycles. The lowest BCUT2D eigenvalue weighted by Gasteiger charge is -2.13. The van der Waals surface area contributed by atoms with Crippen LogP contribution in [-0.2, 0) is 16.1 Å². The molecular weight excluding hydrogens is 374 g/mol. The minimum absolute atomic E-state index is 0.000181. The van der Waals surface area contributed by atoms with Gasteiger partial charge in [0.15, 0.2) is 12.4 Å². The summed E-state index contributed by atoms with van der Waals surface area (Å²) in [6.45, 7) is 1.73. The van der Waals surface area contributed by atoms with Crippen LogP contribution in [0.5, 0.6) is 5.75 Å². The molecule has 0 atom stereocenters. The first-order valence-corrected chi connectivity index (χ1v) is 9.19. The number of ether oxygens (including phenoxy) is 1. The molecule has 0 bridgehead atoms. The first kappa shape index (κ1) is 20.1. The molecule has 8 heteroatoms. The Kier molecular flexibility index (Phi) is 6.23. The second-order valence-corrected chi connectivity index (χ2v) is 6.48. The Morgan fingerprint density at radius 1 is 1.14 bits per heavy atom. The number of carbonyl (C=O) groups is 4. The van der Waals surface area contributed by atoms with Crippen molar-refractivity contribution in [3.8, 4) is 5.75 Å². The van der Waals surface area contributed by atoms with Gasteiger partial charge in [-0.05, 0) is 42.0 Å². The number of imide groups is 1. The number of nitrogens with zero attached hydrogens (tertiary/aromatic N) is 1. The second-order valence-electron chi connectivity index (χ2n) is 6.48. The molecule has 150 valence electrons. The van der Waals surface area contributed by atoms with Crippen molar-refractivity contribution in [2.45, 2.75) is 19.9 Å². The van der Waals surface area contributed by atoms with Gasteiger partial charge in [-0.3, -0.25) is 19.3 Å². The largest absolute Gasteiger partial charge is 0.484 e. The first-order valence-electron chi connectivity index (χ1n) is 9.19. The van der Waals surface area contributed by atoms with Crippen molar-refractivity contribution in [3.05, 3.63) is 59.7 Å². The molecule has 1 saturated heterocycles. The maximum Gasteiger partial charge on any atom is 0.324 e. The number of Topliss-reactive ketones (excluding diaryl/α,β-unsaturated/α-hetero) is 1. The summed E-state index contributed by atoms with van der Waals surface area (Å²) in [7, 11) is 0. The maximum absolute atomic E-state index is 12.1. The summed E-state index contributed by atoms with van der Waals surface area (Å²) in [5.74, 6) is -0.113. The second kappa shape index (κ2) is 9.01. The number of carbonyl (C=O) groups excluding carboxylic acids is 4. The molecule has 1 aliphatic rings. The van der Waals surface area contributed by atoms with Crippen molar-refractivity contribution >= 4 is 29.3 Å². The maximum atomic E-state index is 12.1. The van der Waals surface area contributed by atoms with Gasteiger partial charge in [0.25, 0.3) is 5.91 Å². The molecule has 29 heavy (non-hydrogen) atoms.